The van der Waals surface area contributed by atoms with Gasteiger partial charge in [0.25, 0.3) is 5.91 Å². The molecule has 0 bridgehead atoms. The van der Waals surface area contributed by atoms with Crippen LogP contribution >= 0.6 is 0 Å². The minimum Gasteiger partial charge on any atom is -0.351 e. The van der Waals surface area contributed by atoms with E-state index in [0.29, 0.717) is 23.5 Å². The van der Waals surface area contributed by atoms with Crippen LogP contribution in [0.1, 0.15) is 10.4 Å². The van der Waals surface area contributed by atoms with Crippen molar-refractivity contribution >= 4 is 16.7 Å². The molecule has 1 heterocycles. The van der Waals surface area contributed by atoms with E-state index in [2.05, 4.69) is 20.8 Å². The Bertz CT molecular complexity index is 837. The van der Waals surface area contributed by atoms with Gasteiger partial charge in [-0.15, -0.1) is 5.10 Å². The topological polar surface area (TPSA) is 89.8 Å². The zero-order chi connectivity index (χ0) is 16.8. The molecular formula is C16H15N5O2S. The van der Waals surface area contributed by atoms with Crippen LogP contribution in [0.5, 0.6) is 0 Å². The number of hydrogen-bond acceptors (Lipinski definition) is 5. The van der Waals surface area contributed by atoms with Gasteiger partial charge < -0.3 is 5.32 Å². The van der Waals surface area contributed by atoms with Gasteiger partial charge in [0.2, 0.25) is 0 Å². The van der Waals surface area contributed by atoms with Crippen molar-refractivity contribution in [1.82, 2.24) is 25.5 Å². The highest BCUT2D eigenvalue weighted by Gasteiger charge is 2.13. The normalized spacial score (nSPS) is 11.8. The van der Waals surface area contributed by atoms with Gasteiger partial charge in [-0.25, -0.2) is 0 Å². The number of para-hydroxylation sites is 1. The monoisotopic (exact) mass is 341 g/mol. The highest BCUT2D eigenvalue weighted by molar-refractivity contribution is 7.85. The zero-order valence-corrected chi connectivity index (χ0v) is 13.5. The molecule has 7 nitrogen and oxygen atoms in total. The molecule has 0 radical (unpaired) electrons. The van der Waals surface area contributed by atoms with Gasteiger partial charge in [0.05, 0.1) is 22.1 Å². The number of rotatable bonds is 6. The largest absolute Gasteiger partial charge is 0.351 e. The first-order chi connectivity index (χ1) is 11.8. The smallest absolute Gasteiger partial charge is 0.253 e. The molecule has 0 unspecified atom stereocenters. The first-order valence-corrected chi connectivity index (χ1v) is 8.61. The number of benzene rings is 2. The number of tetrazole rings is 1. The van der Waals surface area contributed by atoms with Crippen LogP contribution in [-0.2, 0) is 10.8 Å². The number of carbonyl (C=O) groups is 1. The van der Waals surface area contributed by atoms with Crippen molar-refractivity contribution in [1.29, 1.82) is 0 Å². The fourth-order valence-corrected chi connectivity index (χ4v) is 3.16. The molecule has 2 aromatic carbocycles. The predicted molar refractivity (Wildman–Crippen MR) is 89.2 cm³/mol. The summed E-state index contributed by atoms with van der Waals surface area (Å²) in [6, 6.07) is 16.2. The predicted octanol–water partition coefficient (Wildman–Crippen LogP) is 1.20. The Morgan fingerprint density at radius 1 is 1.08 bits per heavy atom. The fraction of sp³-hybridized carbons (Fsp3) is 0.125. The summed E-state index contributed by atoms with van der Waals surface area (Å²) in [6.07, 6.45) is 1.43. The van der Waals surface area contributed by atoms with Crippen LogP contribution in [0.25, 0.3) is 5.69 Å². The van der Waals surface area contributed by atoms with E-state index in [9.17, 15) is 9.00 Å². The van der Waals surface area contributed by atoms with Crippen LogP contribution < -0.4 is 5.32 Å². The molecule has 0 spiro atoms. The Hall–Kier alpha value is -2.87. The van der Waals surface area contributed by atoms with Crippen molar-refractivity contribution in [2.75, 3.05) is 12.3 Å². The lowest BCUT2D eigenvalue weighted by molar-refractivity contribution is 0.0956. The van der Waals surface area contributed by atoms with E-state index in [1.54, 1.807) is 24.3 Å². The molecule has 24 heavy (non-hydrogen) atoms. The highest BCUT2D eigenvalue weighted by Crippen LogP contribution is 2.12. The molecule has 0 aliphatic carbocycles. The van der Waals surface area contributed by atoms with Crippen LogP contribution in [0.15, 0.2) is 65.8 Å². The van der Waals surface area contributed by atoms with Crippen LogP contribution in [-0.4, -0.2) is 42.6 Å². The minimum atomic E-state index is -1.14. The molecule has 8 heteroatoms. The third-order valence-electron chi connectivity index (χ3n) is 3.32. The Balaban J connectivity index is 1.63. The molecular weight excluding hydrogens is 326 g/mol. The first-order valence-electron chi connectivity index (χ1n) is 7.30. The quantitative estimate of drug-likeness (QED) is 0.728. The second kappa shape index (κ2) is 7.60. The van der Waals surface area contributed by atoms with Gasteiger partial charge in [0.15, 0.2) is 0 Å². The highest BCUT2D eigenvalue weighted by atomic mass is 32.2. The summed E-state index contributed by atoms with van der Waals surface area (Å²) < 4.78 is 13.6. The minimum absolute atomic E-state index is 0.258. The molecule has 122 valence electrons. The molecule has 3 aromatic rings. The Kier molecular flexibility index (Phi) is 5.07. The number of carbonyl (C=O) groups excluding carboxylic acids is 1. The summed E-state index contributed by atoms with van der Waals surface area (Å²) in [4.78, 5) is 13.1. The maximum absolute atomic E-state index is 12.4. The van der Waals surface area contributed by atoms with E-state index >= 15 is 0 Å². The maximum atomic E-state index is 12.4. The lowest BCUT2D eigenvalue weighted by Crippen LogP contribution is -2.28. The van der Waals surface area contributed by atoms with E-state index in [-0.39, 0.29) is 5.91 Å². The Morgan fingerprint density at radius 3 is 2.58 bits per heavy atom. The number of nitrogens with one attached hydrogen (secondary N) is 1. The van der Waals surface area contributed by atoms with Crippen LogP contribution in [0, 0.1) is 0 Å². The van der Waals surface area contributed by atoms with Crippen molar-refractivity contribution in [2.45, 2.75) is 4.90 Å². The van der Waals surface area contributed by atoms with Gasteiger partial charge in [-0.05, 0) is 34.7 Å². The molecule has 1 N–H and O–H groups in total. The van der Waals surface area contributed by atoms with Crippen LogP contribution in [0.4, 0.5) is 0 Å². The van der Waals surface area contributed by atoms with Gasteiger partial charge in [-0.2, -0.15) is 4.68 Å². The summed E-state index contributed by atoms with van der Waals surface area (Å²) in [5.41, 5.74) is 1.04. The van der Waals surface area contributed by atoms with E-state index in [1.165, 1.54) is 11.0 Å². The lowest BCUT2D eigenvalue weighted by Gasteiger charge is -2.09. The summed E-state index contributed by atoms with van der Waals surface area (Å²) in [6.45, 7) is 0.310. The summed E-state index contributed by atoms with van der Waals surface area (Å²) >= 11 is 0. The number of hydrogen-bond donors (Lipinski definition) is 1. The summed E-state index contributed by atoms with van der Waals surface area (Å²) in [5, 5.41) is 13.7. The van der Waals surface area contributed by atoms with Crippen LogP contribution in [0.3, 0.4) is 0 Å². The van der Waals surface area contributed by atoms with E-state index in [4.69, 9.17) is 0 Å². The second-order valence-electron chi connectivity index (χ2n) is 4.89. The fourth-order valence-electron chi connectivity index (χ4n) is 2.18. The van der Waals surface area contributed by atoms with Crippen molar-refractivity contribution < 1.29 is 9.00 Å². The molecule has 1 atom stereocenters. The van der Waals surface area contributed by atoms with Gasteiger partial charge in [0, 0.05) is 17.2 Å². The van der Waals surface area contributed by atoms with Gasteiger partial charge >= 0.3 is 0 Å². The summed E-state index contributed by atoms with van der Waals surface area (Å²) in [5.74, 6) is 0.0918. The molecule has 0 saturated heterocycles. The van der Waals surface area contributed by atoms with Crippen molar-refractivity contribution in [2.24, 2.45) is 0 Å². The average molecular weight is 341 g/mol. The Labute approximate surface area is 141 Å². The number of amides is 1. The van der Waals surface area contributed by atoms with E-state index < -0.39 is 10.8 Å². The lowest BCUT2D eigenvalue weighted by atomic mass is 10.1. The van der Waals surface area contributed by atoms with Crippen molar-refractivity contribution in [3.8, 4) is 5.69 Å². The number of nitrogens with zero attached hydrogens (tertiary/aromatic N) is 4. The standard InChI is InChI=1S/C16H15N5O2S/c22-16(17-10-11-24(23)13-6-2-1-3-7-13)14-8-4-5-9-15(14)21-12-18-19-20-21/h1-9,12H,10-11H2,(H,17,22)/t24-/m0/s1. The van der Waals surface area contributed by atoms with Crippen molar-refractivity contribution in [3.63, 3.8) is 0 Å². The molecule has 3 rings (SSSR count). The first kappa shape index (κ1) is 16.0. The molecule has 0 aliphatic rings. The van der Waals surface area contributed by atoms with E-state index in [1.807, 2.05) is 30.3 Å². The molecule has 0 saturated carbocycles. The second-order valence-corrected chi connectivity index (χ2v) is 6.46. The van der Waals surface area contributed by atoms with Gasteiger partial charge in [-0.3, -0.25) is 9.00 Å². The number of aromatic nitrogens is 4. The molecule has 1 amide bonds. The molecule has 0 fully saturated rings. The SMILES string of the molecule is O=C(NCC[S@](=O)c1ccccc1)c1ccccc1-n1cnnn1. The van der Waals surface area contributed by atoms with Crippen LogP contribution in [0.2, 0.25) is 0 Å². The maximum Gasteiger partial charge on any atom is 0.253 e. The molecule has 0 aliphatic heterocycles. The third-order valence-corrected chi connectivity index (χ3v) is 4.70. The van der Waals surface area contributed by atoms with E-state index in [0.717, 1.165) is 4.90 Å². The van der Waals surface area contributed by atoms with Crippen molar-refractivity contribution in [3.05, 3.63) is 66.5 Å². The third kappa shape index (κ3) is 3.72. The Morgan fingerprint density at radius 2 is 1.83 bits per heavy atom. The summed E-state index contributed by atoms with van der Waals surface area (Å²) in [7, 11) is -1.14. The average Bonchev–Trinajstić information content (AvgIpc) is 3.17. The molecule has 1 aromatic heterocycles. The zero-order valence-electron chi connectivity index (χ0n) is 12.7. The van der Waals surface area contributed by atoms with Gasteiger partial charge in [-0.1, -0.05) is 30.3 Å². The van der Waals surface area contributed by atoms with Gasteiger partial charge in [0.1, 0.15) is 6.33 Å².